The third-order valence-corrected chi connectivity index (χ3v) is 3.93. The van der Waals surface area contributed by atoms with Gasteiger partial charge in [0, 0.05) is 32.0 Å². The maximum absolute atomic E-state index is 12.1. The summed E-state index contributed by atoms with van der Waals surface area (Å²) >= 11 is 0. The smallest absolute Gasteiger partial charge is 0.293 e. The van der Waals surface area contributed by atoms with Gasteiger partial charge in [0.2, 0.25) is 0 Å². The van der Waals surface area contributed by atoms with Crippen LogP contribution in [-0.2, 0) is 7.05 Å². The van der Waals surface area contributed by atoms with E-state index in [1.54, 1.807) is 24.0 Å². The van der Waals surface area contributed by atoms with Crippen molar-refractivity contribution >= 4 is 5.82 Å². The van der Waals surface area contributed by atoms with Crippen molar-refractivity contribution in [1.82, 2.24) is 9.55 Å². The van der Waals surface area contributed by atoms with E-state index in [1.807, 2.05) is 0 Å². The molecule has 2 rings (SSSR count). The van der Waals surface area contributed by atoms with Gasteiger partial charge in [-0.25, -0.2) is 4.98 Å². The average Bonchev–Trinajstić information content (AvgIpc) is 2.83. The SMILES string of the molecule is CCN(c1nccn(C)c1=O)C1CCCC1CN. The minimum absolute atomic E-state index is 0.0259. The molecule has 1 aliphatic rings. The van der Waals surface area contributed by atoms with Gasteiger partial charge in [-0.3, -0.25) is 4.79 Å². The lowest BCUT2D eigenvalue weighted by molar-refractivity contribution is 0.457. The second kappa shape index (κ2) is 5.52. The highest BCUT2D eigenvalue weighted by molar-refractivity contribution is 5.37. The van der Waals surface area contributed by atoms with Crippen molar-refractivity contribution < 1.29 is 0 Å². The van der Waals surface area contributed by atoms with E-state index in [1.165, 1.54) is 6.42 Å². The molecule has 0 saturated heterocycles. The monoisotopic (exact) mass is 250 g/mol. The molecule has 0 radical (unpaired) electrons. The van der Waals surface area contributed by atoms with Gasteiger partial charge in [-0.15, -0.1) is 0 Å². The molecular weight excluding hydrogens is 228 g/mol. The zero-order valence-corrected chi connectivity index (χ0v) is 11.2. The number of nitrogens with two attached hydrogens (primary N) is 1. The molecule has 0 amide bonds. The molecule has 2 atom stereocenters. The topological polar surface area (TPSA) is 64.2 Å². The molecular formula is C13H22N4O. The summed E-state index contributed by atoms with van der Waals surface area (Å²) in [6.07, 6.45) is 6.83. The Morgan fingerprint density at radius 1 is 1.56 bits per heavy atom. The van der Waals surface area contributed by atoms with Gasteiger partial charge < -0.3 is 15.2 Å². The molecule has 18 heavy (non-hydrogen) atoms. The fourth-order valence-electron chi connectivity index (χ4n) is 2.93. The van der Waals surface area contributed by atoms with Crippen LogP contribution in [-0.4, -0.2) is 28.7 Å². The Kier molecular flexibility index (Phi) is 4.01. The lowest BCUT2D eigenvalue weighted by Gasteiger charge is -2.32. The van der Waals surface area contributed by atoms with E-state index in [0.29, 0.717) is 24.3 Å². The number of anilines is 1. The molecule has 2 unspecified atom stereocenters. The second-order valence-corrected chi connectivity index (χ2v) is 4.95. The van der Waals surface area contributed by atoms with E-state index in [-0.39, 0.29) is 5.56 Å². The van der Waals surface area contributed by atoms with Crippen LogP contribution in [0.2, 0.25) is 0 Å². The van der Waals surface area contributed by atoms with E-state index in [0.717, 1.165) is 19.4 Å². The largest absolute Gasteiger partial charge is 0.349 e. The number of hydrogen-bond donors (Lipinski definition) is 1. The summed E-state index contributed by atoms with van der Waals surface area (Å²) in [4.78, 5) is 18.6. The number of aryl methyl sites for hydroxylation is 1. The minimum Gasteiger partial charge on any atom is -0.349 e. The fourth-order valence-corrected chi connectivity index (χ4v) is 2.93. The van der Waals surface area contributed by atoms with Gasteiger partial charge in [0.1, 0.15) is 0 Å². The molecule has 100 valence electrons. The summed E-state index contributed by atoms with van der Waals surface area (Å²) in [6.45, 7) is 3.56. The molecule has 1 heterocycles. The zero-order chi connectivity index (χ0) is 13.1. The van der Waals surface area contributed by atoms with Crippen LogP contribution in [0.15, 0.2) is 17.2 Å². The molecule has 1 aliphatic carbocycles. The molecule has 1 fully saturated rings. The first-order valence-electron chi connectivity index (χ1n) is 6.67. The molecule has 0 bridgehead atoms. The van der Waals surface area contributed by atoms with E-state index in [9.17, 15) is 4.79 Å². The summed E-state index contributed by atoms with van der Waals surface area (Å²) in [6, 6.07) is 0.364. The van der Waals surface area contributed by atoms with Crippen molar-refractivity contribution in [3.63, 3.8) is 0 Å². The van der Waals surface area contributed by atoms with Gasteiger partial charge in [0.25, 0.3) is 5.56 Å². The van der Waals surface area contributed by atoms with Gasteiger partial charge >= 0.3 is 0 Å². The van der Waals surface area contributed by atoms with Gasteiger partial charge in [0.05, 0.1) is 0 Å². The highest BCUT2D eigenvalue weighted by Crippen LogP contribution is 2.30. The standard InChI is InChI=1S/C13H22N4O/c1-3-17(11-6-4-5-10(11)9-14)12-13(18)16(2)8-7-15-12/h7-8,10-11H,3-6,9,14H2,1-2H3. The van der Waals surface area contributed by atoms with Crippen molar-refractivity contribution in [2.75, 3.05) is 18.0 Å². The van der Waals surface area contributed by atoms with Crippen molar-refractivity contribution in [3.8, 4) is 0 Å². The Morgan fingerprint density at radius 3 is 3.00 bits per heavy atom. The number of rotatable bonds is 4. The summed E-state index contributed by atoms with van der Waals surface area (Å²) < 4.78 is 1.58. The van der Waals surface area contributed by atoms with Crippen LogP contribution >= 0.6 is 0 Å². The van der Waals surface area contributed by atoms with E-state index in [2.05, 4.69) is 16.8 Å². The number of hydrogen-bond acceptors (Lipinski definition) is 4. The molecule has 0 aromatic carbocycles. The first kappa shape index (κ1) is 13.1. The average molecular weight is 250 g/mol. The third kappa shape index (κ3) is 2.27. The number of aromatic nitrogens is 2. The lowest BCUT2D eigenvalue weighted by atomic mass is 10.0. The maximum Gasteiger partial charge on any atom is 0.293 e. The Bertz CT molecular complexity index is 457. The van der Waals surface area contributed by atoms with Crippen LogP contribution in [0.25, 0.3) is 0 Å². The Morgan fingerprint density at radius 2 is 2.33 bits per heavy atom. The van der Waals surface area contributed by atoms with Crippen LogP contribution in [0.4, 0.5) is 5.82 Å². The molecule has 5 heteroatoms. The predicted octanol–water partition coefficient (Wildman–Crippen LogP) is 0.734. The van der Waals surface area contributed by atoms with Crippen molar-refractivity contribution in [2.24, 2.45) is 18.7 Å². The van der Waals surface area contributed by atoms with Crippen LogP contribution in [0.5, 0.6) is 0 Å². The van der Waals surface area contributed by atoms with Crippen LogP contribution < -0.4 is 16.2 Å². The highest BCUT2D eigenvalue weighted by atomic mass is 16.1. The Labute approximate surface area is 108 Å². The van der Waals surface area contributed by atoms with Crippen LogP contribution in [0, 0.1) is 5.92 Å². The third-order valence-electron chi connectivity index (χ3n) is 3.93. The second-order valence-electron chi connectivity index (χ2n) is 4.95. The summed E-state index contributed by atoms with van der Waals surface area (Å²) in [5, 5.41) is 0. The Hall–Kier alpha value is -1.36. The molecule has 2 N–H and O–H groups in total. The van der Waals surface area contributed by atoms with Gasteiger partial charge in [-0.05, 0) is 32.2 Å². The van der Waals surface area contributed by atoms with E-state index < -0.39 is 0 Å². The number of nitrogens with zero attached hydrogens (tertiary/aromatic N) is 3. The summed E-state index contributed by atoms with van der Waals surface area (Å²) in [5.74, 6) is 1.05. The zero-order valence-electron chi connectivity index (χ0n) is 11.2. The van der Waals surface area contributed by atoms with E-state index in [4.69, 9.17) is 5.73 Å². The quantitative estimate of drug-likeness (QED) is 0.856. The van der Waals surface area contributed by atoms with Crippen molar-refractivity contribution in [1.29, 1.82) is 0 Å². The summed E-state index contributed by atoms with van der Waals surface area (Å²) in [7, 11) is 1.76. The highest BCUT2D eigenvalue weighted by Gasteiger charge is 2.32. The van der Waals surface area contributed by atoms with Crippen molar-refractivity contribution in [2.45, 2.75) is 32.2 Å². The first-order valence-corrected chi connectivity index (χ1v) is 6.67. The molecule has 1 aromatic heterocycles. The van der Waals surface area contributed by atoms with Gasteiger partial charge in [0.15, 0.2) is 5.82 Å². The predicted molar refractivity (Wildman–Crippen MR) is 72.7 cm³/mol. The van der Waals surface area contributed by atoms with Crippen LogP contribution in [0.3, 0.4) is 0 Å². The molecule has 1 aromatic rings. The van der Waals surface area contributed by atoms with Crippen molar-refractivity contribution in [3.05, 3.63) is 22.7 Å². The maximum atomic E-state index is 12.1. The normalized spacial score (nSPS) is 23.3. The molecule has 0 spiro atoms. The molecule has 1 saturated carbocycles. The van der Waals surface area contributed by atoms with E-state index >= 15 is 0 Å². The lowest BCUT2D eigenvalue weighted by Crippen LogP contribution is -2.44. The van der Waals surface area contributed by atoms with Gasteiger partial charge in [-0.1, -0.05) is 6.42 Å². The minimum atomic E-state index is -0.0259. The first-order chi connectivity index (χ1) is 8.69. The Balaban J connectivity index is 2.33. The summed E-state index contributed by atoms with van der Waals surface area (Å²) in [5.41, 5.74) is 5.81. The van der Waals surface area contributed by atoms with Crippen LogP contribution in [0.1, 0.15) is 26.2 Å². The van der Waals surface area contributed by atoms with Gasteiger partial charge in [-0.2, -0.15) is 0 Å². The fraction of sp³-hybridized carbons (Fsp3) is 0.692. The molecule has 5 nitrogen and oxygen atoms in total. The molecule has 0 aliphatic heterocycles.